The molecule has 1 aromatic carbocycles. The van der Waals surface area contributed by atoms with Gasteiger partial charge < -0.3 is 20.3 Å². The van der Waals surface area contributed by atoms with E-state index in [4.69, 9.17) is 20.3 Å². The summed E-state index contributed by atoms with van der Waals surface area (Å²) in [5.74, 6) is 0.217. The van der Waals surface area contributed by atoms with E-state index in [-0.39, 0.29) is 6.61 Å². The van der Waals surface area contributed by atoms with E-state index in [1.165, 1.54) is 0 Å². The van der Waals surface area contributed by atoms with Crippen LogP contribution in [-0.2, 0) is 16.1 Å². The van der Waals surface area contributed by atoms with Gasteiger partial charge in [-0.15, -0.1) is 0 Å². The number of hydrogen-bond donors (Lipinski definition) is 2. The van der Waals surface area contributed by atoms with Gasteiger partial charge in [0.2, 0.25) is 0 Å². The van der Waals surface area contributed by atoms with Crippen LogP contribution in [0.2, 0.25) is 0 Å². The van der Waals surface area contributed by atoms with Gasteiger partial charge in [-0.3, -0.25) is 4.79 Å². The molecule has 0 bridgehead atoms. The number of carbonyl (C=O) groups excluding carboxylic acids is 1. The fraction of sp³-hybridized carbons (Fsp3) is 0.500. The minimum atomic E-state index is -1.05. The molecule has 0 aliphatic rings. The third-order valence-electron chi connectivity index (χ3n) is 2.71. The summed E-state index contributed by atoms with van der Waals surface area (Å²) in [6.45, 7) is 3.95. The summed E-state index contributed by atoms with van der Waals surface area (Å²) in [5, 5.41) is 9.01. The second kappa shape index (κ2) is 7.11. The van der Waals surface area contributed by atoms with Gasteiger partial charge in [-0.05, 0) is 31.5 Å². The summed E-state index contributed by atoms with van der Waals surface area (Å²) >= 11 is 0. The van der Waals surface area contributed by atoms with Crippen molar-refractivity contribution < 1.29 is 19.4 Å². The molecule has 19 heavy (non-hydrogen) atoms. The number of esters is 1. The Hall–Kier alpha value is -1.59. The lowest BCUT2D eigenvalue weighted by Crippen LogP contribution is -2.47. The van der Waals surface area contributed by atoms with Gasteiger partial charge >= 0.3 is 5.97 Å². The minimum absolute atomic E-state index is 0.0331. The first kappa shape index (κ1) is 15.5. The Bertz CT molecular complexity index is 418. The molecular formula is C14H21NO4. The van der Waals surface area contributed by atoms with Crippen molar-refractivity contribution in [1.82, 2.24) is 0 Å². The molecule has 3 N–H and O–H groups in total. The fourth-order valence-electron chi connectivity index (χ4n) is 1.51. The van der Waals surface area contributed by atoms with E-state index < -0.39 is 11.5 Å². The quantitative estimate of drug-likeness (QED) is 0.726. The Morgan fingerprint density at radius 1 is 1.47 bits per heavy atom. The number of aliphatic hydroxyl groups is 1. The fourth-order valence-corrected chi connectivity index (χ4v) is 1.51. The van der Waals surface area contributed by atoms with Gasteiger partial charge in [0.05, 0.1) is 19.8 Å². The largest absolute Gasteiger partial charge is 0.493 e. The lowest BCUT2D eigenvalue weighted by atomic mass is 10.0. The van der Waals surface area contributed by atoms with Crippen molar-refractivity contribution in [1.29, 1.82) is 0 Å². The van der Waals surface area contributed by atoms with Crippen molar-refractivity contribution in [2.45, 2.75) is 32.4 Å². The SMILES string of the molecule is CCOC(=O)C(C)(N)CCOc1cccc(CO)c1. The van der Waals surface area contributed by atoms with Crippen LogP contribution in [0.25, 0.3) is 0 Å². The van der Waals surface area contributed by atoms with Crippen molar-refractivity contribution in [3.63, 3.8) is 0 Å². The Kier molecular flexibility index (Phi) is 5.79. The van der Waals surface area contributed by atoms with Gasteiger partial charge in [-0.25, -0.2) is 0 Å². The molecule has 0 aliphatic carbocycles. The molecule has 0 saturated carbocycles. The topological polar surface area (TPSA) is 81.8 Å². The van der Waals surface area contributed by atoms with Crippen LogP contribution in [0.15, 0.2) is 24.3 Å². The van der Waals surface area contributed by atoms with Crippen LogP contribution in [0.1, 0.15) is 25.8 Å². The third kappa shape index (κ3) is 4.89. The van der Waals surface area contributed by atoms with Crippen molar-refractivity contribution in [2.24, 2.45) is 5.73 Å². The zero-order valence-electron chi connectivity index (χ0n) is 11.4. The summed E-state index contributed by atoms with van der Waals surface area (Å²) in [6, 6.07) is 7.14. The maximum Gasteiger partial charge on any atom is 0.325 e. The van der Waals surface area contributed by atoms with Crippen molar-refractivity contribution in [3.8, 4) is 5.75 Å². The molecule has 0 radical (unpaired) electrons. The van der Waals surface area contributed by atoms with Gasteiger partial charge in [0.15, 0.2) is 0 Å². The first-order valence-electron chi connectivity index (χ1n) is 6.28. The number of hydrogen-bond acceptors (Lipinski definition) is 5. The Balaban J connectivity index is 2.46. The van der Waals surface area contributed by atoms with Gasteiger partial charge in [0, 0.05) is 6.42 Å². The number of aliphatic hydroxyl groups excluding tert-OH is 1. The Morgan fingerprint density at radius 3 is 2.84 bits per heavy atom. The highest BCUT2D eigenvalue weighted by Crippen LogP contribution is 2.15. The summed E-state index contributed by atoms with van der Waals surface area (Å²) in [5.41, 5.74) is 5.60. The van der Waals surface area contributed by atoms with E-state index in [9.17, 15) is 4.79 Å². The Labute approximate surface area is 113 Å². The monoisotopic (exact) mass is 267 g/mol. The molecule has 5 nitrogen and oxygen atoms in total. The van der Waals surface area contributed by atoms with Crippen LogP contribution in [-0.4, -0.2) is 29.8 Å². The smallest absolute Gasteiger partial charge is 0.325 e. The van der Waals surface area contributed by atoms with Crippen LogP contribution in [0.3, 0.4) is 0 Å². The van der Waals surface area contributed by atoms with Crippen LogP contribution < -0.4 is 10.5 Å². The number of carbonyl (C=O) groups is 1. The molecule has 0 spiro atoms. The van der Waals surface area contributed by atoms with E-state index in [0.29, 0.717) is 25.4 Å². The Morgan fingerprint density at radius 2 is 2.21 bits per heavy atom. The molecule has 106 valence electrons. The lowest BCUT2D eigenvalue weighted by molar-refractivity contribution is -0.149. The first-order valence-corrected chi connectivity index (χ1v) is 6.28. The molecule has 1 atom stereocenters. The predicted octanol–water partition coefficient (Wildman–Crippen LogP) is 1.23. The maximum absolute atomic E-state index is 11.6. The molecule has 0 aliphatic heterocycles. The van der Waals surface area contributed by atoms with E-state index in [2.05, 4.69) is 0 Å². The predicted molar refractivity (Wildman–Crippen MR) is 71.7 cm³/mol. The van der Waals surface area contributed by atoms with Gasteiger partial charge in [-0.1, -0.05) is 12.1 Å². The summed E-state index contributed by atoms with van der Waals surface area (Å²) in [7, 11) is 0. The highest BCUT2D eigenvalue weighted by molar-refractivity contribution is 5.79. The van der Waals surface area contributed by atoms with Crippen LogP contribution in [0.5, 0.6) is 5.75 Å². The molecule has 0 aromatic heterocycles. The van der Waals surface area contributed by atoms with Crippen LogP contribution in [0.4, 0.5) is 0 Å². The summed E-state index contributed by atoms with van der Waals surface area (Å²) in [4.78, 5) is 11.6. The molecule has 1 aromatic rings. The second-order valence-electron chi connectivity index (χ2n) is 4.54. The van der Waals surface area contributed by atoms with Gasteiger partial charge in [-0.2, -0.15) is 0 Å². The van der Waals surface area contributed by atoms with E-state index in [1.54, 1.807) is 38.1 Å². The molecular weight excluding hydrogens is 246 g/mol. The average molecular weight is 267 g/mol. The van der Waals surface area contributed by atoms with Crippen LogP contribution in [0, 0.1) is 0 Å². The number of benzene rings is 1. The molecule has 1 rings (SSSR count). The van der Waals surface area contributed by atoms with E-state index in [0.717, 1.165) is 5.56 Å². The molecule has 0 saturated heterocycles. The average Bonchev–Trinajstić information content (AvgIpc) is 2.39. The highest BCUT2D eigenvalue weighted by atomic mass is 16.5. The minimum Gasteiger partial charge on any atom is -0.493 e. The van der Waals surface area contributed by atoms with Crippen molar-refractivity contribution >= 4 is 5.97 Å². The normalized spacial score (nSPS) is 13.7. The zero-order valence-corrected chi connectivity index (χ0v) is 11.4. The zero-order chi connectivity index (χ0) is 14.3. The van der Waals surface area contributed by atoms with E-state index >= 15 is 0 Å². The number of ether oxygens (including phenoxy) is 2. The number of rotatable bonds is 7. The molecule has 5 heteroatoms. The van der Waals surface area contributed by atoms with Crippen molar-refractivity contribution in [3.05, 3.63) is 29.8 Å². The first-order chi connectivity index (χ1) is 8.99. The molecule has 0 heterocycles. The summed E-state index contributed by atoms with van der Waals surface area (Å²) in [6.07, 6.45) is 0.356. The highest BCUT2D eigenvalue weighted by Gasteiger charge is 2.29. The molecule has 1 unspecified atom stereocenters. The molecule has 0 amide bonds. The summed E-state index contributed by atoms with van der Waals surface area (Å²) < 4.78 is 10.4. The second-order valence-corrected chi connectivity index (χ2v) is 4.54. The van der Waals surface area contributed by atoms with Crippen LogP contribution >= 0.6 is 0 Å². The standard InChI is InChI=1S/C14H21NO4/c1-3-18-13(17)14(2,15)7-8-19-12-6-4-5-11(9-12)10-16/h4-6,9,16H,3,7-8,10,15H2,1-2H3. The molecule has 0 fully saturated rings. The van der Waals surface area contributed by atoms with E-state index in [1.807, 2.05) is 0 Å². The van der Waals surface area contributed by atoms with Gasteiger partial charge in [0.25, 0.3) is 0 Å². The van der Waals surface area contributed by atoms with Gasteiger partial charge in [0.1, 0.15) is 11.3 Å². The number of nitrogens with two attached hydrogens (primary N) is 1. The van der Waals surface area contributed by atoms with Crippen molar-refractivity contribution in [2.75, 3.05) is 13.2 Å². The third-order valence-corrected chi connectivity index (χ3v) is 2.71. The maximum atomic E-state index is 11.6. The lowest BCUT2D eigenvalue weighted by Gasteiger charge is -2.22.